The molecule has 0 aliphatic carbocycles. The van der Waals surface area contributed by atoms with E-state index in [9.17, 15) is 9.18 Å². The lowest BCUT2D eigenvalue weighted by molar-refractivity contribution is -0.159. The fraction of sp³-hybridized carbons (Fsp3) is 0.300. The number of benzene rings is 2. The van der Waals surface area contributed by atoms with Crippen LogP contribution in [0.3, 0.4) is 0 Å². The minimum Gasteiger partial charge on any atom is -0.466 e. The number of ether oxygens (including phenoxy) is 2. The zero-order chi connectivity index (χ0) is 20.1. The number of rotatable bonds is 3. The Morgan fingerprint density at radius 2 is 2.07 bits per heavy atom. The Morgan fingerprint density at radius 1 is 1.36 bits per heavy atom. The van der Waals surface area contributed by atoms with Crippen molar-refractivity contribution in [1.82, 2.24) is 5.32 Å². The predicted octanol–water partition coefficient (Wildman–Crippen LogP) is 4.31. The number of carbonyl (C=O) groups is 1. The fourth-order valence-electron chi connectivity index (χ4n) is 3.93. The summed E-state index contributed by atoms with van der Waals surface area (Å²) in [7, 11) is 0. The first-order valence-electron chi connectivity index (χ1n) is 8.86. The predicted molar refractivity (Wildman–Crippen MR) is 111 cm³/mol. The normalized spacial score (nSPS) is 25.4. The quantitative estimate of drug-likeness (QED) is 0.539. The van der Waals surface area contributed by atoms with Gasteiger partial charge in [-0.05, 0) is 68.5 Å². The van der Waals surface area contributed by atoms with Crippen LogP contribution in [0.2, 0.25) is 0 Å². The molecule has 1 fully saturated rings. The van der Waals surface area contributed by atoms with Gasteiger partial charge in [0.05, 0.1) is 12.6 Å². The molecule has 0 saturated carbocycles. The molecule has 2 aliphatic heterocycles. The Bertz CT molecular complexity index is 955. The van der Waals surface area contributed by atoms with Crippen molar-refractivity contribution in [1.29, 1.82) is 0 Å². The third kappa shape index (κ3) is 2.95. The lowest BCUT2D eigenvalue weighted by Crippen LogP contribution is -2.71. The molecule has 0 aromatic heterocycles. The third-order valence-corrected chi connectivity index (χ3v) is 5.88. The smallest absolute Gasteiger partial charge is 0.317 e. The Hall–Kier alpha value is -2.19. The Balaban J connectivity index is 1.89. The van der Waals surface area contributed by atoms with Crippen molar-refractivity contribution in [2.45, 2.75) is 25.6 Å². The number of halogens is 2. The molecule has 4 rings (SSSR count). The second kappa shape index (κ2) is 7.00. The van der Waals surface area contributed by atoms with Crippen LogP contribution in [0.5, 0.6) is 5.75 Å². The monoisotopic (exact) mass is 464 g/mol. The summed E-state index contributed by atoms with van der Waals surface area (Å²) in [6, 6.07) is 11.1. The zero-order valence-corrected chi connectivity index (χ0v) is 17.6. The van der Waals surface area contributed by atoms with Crippen molar-refractivity contribution in [2.75, 3.05) is 11.5 Å². The fourth-order valence-corrected chi connectivity index (χ4v) is 4.72. The van der Waals surface area contributed by atoms with Gasteiger partial charge in [0.25, 0.3) is 0 Å². The molecule has 2 aromatic carbocycles. The first-order chi connectivity index (χ1) is 13.3. The highest BCUT2D eigenvalue weighted by atomic mass is 79.9. The van der Waals surface area contributed by atoms with E-state index in [0.29, 0.717) is 16.5 Å². The van der Waals surface area contributed by atoms with Gasteiger partial charge in [-0.25, -0.2) is 4.39 Å². The van der Waals surface area contributed by atoms with Crippen LogP contribution in [-0.2, 0) is 9.53 Å². The second-order valence-electron chi connectivity index (χ2n) is 6.81. The summed E-state index contributed by atoms with van der Waals surface area (Å²) >= 11 is 9.08. The third-order valence-electron chi connectivity index (χ3n) is 5.09. The summed E-state index contributed by atoms with van der Waals surface area (Å²) in [4.78, 5) is 14.7. The molecule has 2 aromatic rings. The van der Waals surface area contributed by atoms with Crippen LogP contribution < -0.4 is 15.0 Å². The molecule has 1 N–H and O–H groups in total. The number of anilines is 1. The zero-order valence-electron chi connectivity index (χ0n) is 15.2. The van der Waals surface area contributed by atoms with Gasteiger partial charge in [0.1, 0.15) is 17.5 Å². The van der Waals surface area contributed by atoms with E-state index in [-0.39, 0.29) is 18.4 Å². The van der Waals surface area contributed by atoms with E-state index >= 15 is 0 Å². The van der Waals surface area contributed by atoms with Gasteiger partial charge >= 0.3 is 5.97 Å². The molecule has 0 amide bonds. The number of hydrogen-bond acceptors (Lipinski definition) is 4. The van der Waals surface area contributed by atoms with E-state index in [2.05, 4.69) is 21.2 Å². The number of fused-ring (bicyclic) bond motifs is 4. The summed E-state index contributed by atoms with van der Waals surface area (Å²) in [5, 5.41) is 3.66. The van der Waals surface area contributed by atoms with Gasteiger partial charge in [-0.1, -0.05) is 15.9 Å². The summed E-state index contributed by atoms with van der Waals surface area (Å²) in [6.45, 7) is 3.83. The lowest BCUT2D eigenvalue weighted by Gasteiger charge is -2.55. The Labute approximate surface area is 175 Å². The number of nitrogens with one attached hydrogen (secondary N) is 1. The van der Waals surface area contributed by atoms with Gasteiger partial charge in [-0.15, -0.1) is 0 Å². The summed E-state index contributed by atoms with van der Waals surface area (Å²) in [5.74, 6) is -0.781. The largest absolute Gasteiger partial charge is 0.466 e. The highest BCUT2D eigenvalue weighted by Crippen LogP contribution is 2.50. The Kier molecular flexibility index (Phi) is 4.79. The molecule has 2 heterocycles. The molecule has 146 valence electrons. The average molecular weight is 465 g/mol. The van der Waals surface area contributed by atoms with Crippen molar-refractivity contribution in [3.8, 4) is 5.75 Å². The van der Waals surface area contributed by atoms with Gasteiger partial charge in [-0.3, -0.25) is 9.69 Å². The number of carbonyl (C=O) groups excluding carboxylic acids is 1. The standard InChI is InChI=1S/C20H18BrFN2O3S/c1-3-26-18(25)16-17-14-10-11(21)4-9-15(14)27-20(16,2)24(19(28)23-17)13-7-5-12(22)6-8-13/h4-10,16-17H,3H2,1-2H3,(H,23,28)/t16-,17+,20+/m1/s1. The molecule has 8 heteroatoms. The topological polar surface area (TPSA) is 50.8 Å². The molecule has 0 radical (unpaired) electrons. The first kappa shape index (κ1) is 19.1. The van der Waals surface area contributed by atoms with Crippen LogP contribution in [-0.4, -0.2) is 23.4 Å². The van der Waals surface area contributed by atoms with Crippen LogP contribution in [0, 0.1) is 11.7 Å². The minimum atomic E-state index is -1.14. The highest BCUT2D eigenvalue weighted by Gasteiger charge is 2.59. The van der Waals surface area contributed by atoms with Crippen molar-refractivity contribution in [3.63, 3.8) is 0 Å². The molecule has 2 bridgehead atoms. The maximum absolute atomic E-state index is 13.5. The number of nitrogens with zero attached hydrogens (tertiary/aromatic N) is 1. The molecular weight excluding hydrogens is 447 g/mol. The molecule has 0 unspecified atom stereocenters. The average Bonchev–Trinajstić information content (AvgIpc) is 2.63. The van der Waals surface area contributed by atoms with Crippen molar-refractivity contribution in [2.24, 2.45) is 5.92 Å². The maximum Gasteiger partial charge on any atom is 0.317 e. The van der Waals surface area contributed by atoms with Gasteiger partial charge in [-0.2, -0.15) is 0 Å². The number of esters is 1. The number of thiocarbonyl (C=S) groups is 1. The van der Waals surface area contributed by atoms with Gasteiger partial charge < -0.3 is 14.8 Å². The molecule has 1 saturated heterocycles. The summed E-state index contributed by atoms with van der Waals surface area (Å²) < 4.78 is 26.1. The van der Waals surface area contributed by atoms with Crippen LogP contribution in [0.4, 0.5) is 10.1 Å². The second-order valence-corrected chi connectivity index (χ2v) is 8.11. The molecule has 5 nitrogen and oxygen atoms in total. The minimum absolute atomic E-state index is 0.254. The molecule has 2 aliphatic rings. The Morgan fingerprint density at radius 3 is 2.75 bits per heavy atom. The molecule has 3 atom stereocenters. The number of hydrogen-bond donors (Lipinski definition) is 1. The summed E-state index contributed by atoms with van der Waals surface area (Å²) in [6.07, 6.45) is 0. The van der Waals surface area contributed by atoms with Gasteiger partial charge in [0.15, 0.2) is 5.11 Å². The van der Waals surface area contributed by atoms with E-state index in [1.54, 1.807) is 24.0 Å². The van der Waals surface area contributed by atoms with E-state index in [1.165, 1.54) is 12.1 Å². The molecule has 28 heavy (non-hydrogen) atoms. The SMILES string of the molecule is CCOC(=O)[C@H]1[C@H]2NC(=S)N(c3ccc(F)cc3)[C@@]1(C)Oc1ccc(Br)cc12. The van der Waals surface area contributed by atoms with E-state index in [0.717, 1.165) is 10.0 Å². The van der Waals surface area contributed by atoms with E-state index in [1.807, 2.05) is 25.1 Å². The van der Waals surface area contributed by atoms with Crippen LogP contribution in [0.1, 0.15) is 25.5 Å². The van der Waals surface area contributed by atoms with Crippen molar-refractivity contribution >= 4 is 44.9 Å². The molecule has 0 spiro atoms. The van der Waals surface area contributed by atoms with Crippen molar-refractivity contribution < 1.29 is 18.7 Å². The summed E-state index contributed by atoms with van der Waals surface area (Å²) in [5.41, 5.74) is 0.304. The lowest BCUT2D eigenvalue weighted by atomic mass is 9.79. The van der Waals surface area contributed by atoms with E-state index in [4.69, 9.17) is 21.7 Å². The van der Waals surface area contributed by atoms with Crippen LogP contribution in [0.15, 0.2) is 46.9 Å². The first-order valence-corrected chi connectivity index (χ1v) is 10.1. The van der Waals surface area contributed by atoms with Crippen LogP contribution in [0.25, 0.3) is 0 Å². The molecular formula is C20H18BrFN2O3S. The van der Waals surface area contributed by atoms with Gasteiger partial charge in [0, 0.05) is 15.7 Å². The van der Waals surface area contributed by atoms with Gasteiger partial charge in [0.2, 0.25) is 5.72 Å². The van der Waals surface area contributed by atoms with Crippen molar-refractivity contribution in [3.05, 3.63) is 58.3 Å². The highest BCUT2D eigenvalue weighted by molar-refractivity contribution is 9.10. The van der Waals surface area contributed by atoms with E-state index < -0.39 is 17.7 Å². The maximum atomic E-state index is 13.5. The van der Waals surface area contributed by atoms with Crippen LogP contribution >= 0.6 is 28.1 Å².